The molecule has 0 fully saturated rings. The standard InChI is InChI=1S/C24H21N3O3S/c1-3-24-25-14-15-27(24)17-21-16-23(30-26-21)20-10-6-18(7-11-20)4-5-19-8-12-22(13-9-19)31(2,28)29/h6-16H,3,17H2,1-2H3. The van der Waals surface area contributed by atoms with Gasteiger partial charge in [-0.05, 0) is 48.5 Å². The number of sulfone groups is 1. The summed E-state index contributed by atoms with van der Waals surface area (Å²) in [6.45, 7) is 2.69. The SMILES string of the molecule is CCc1nccn1Cc1cc(-c2ccc(C#Cc3ccc(S(C)(=O)=O)cc3)cc2)on1. The van der Waals surface area contributed by atoms with E-state index in [9.17, 15) is 8.42 Å². The zero-order chi connectivity index (χ0) is 21.8. The van der Waals surface area contributed by atoms with Crippen molar-refractivity contribution in [2.75, 3.05) is 6.26 Å². The molecule has 0 saturated heterocycles. The lowest BCUT2D eigenvalue weighted by molar-refractivity contribution is 0.421. The third kappa shape index (κ3) is 4.93. The summed E-state index contributed by atoms with van der Waals surface area (Å²) < 4.78 is 30.6. The topological polar surface area (TPSA) is 78.0 Å². The number of benzene rings is 2. The van der Waals surface area contributed by atoms with Crippen LogP contribution in [0.1, 0.15) is 29.6 Å². The number of aromatic nitrogens is 3. The molecule has 0 unspecified atom stereocenters. The van der Waals surface area contributed by atoms with E-state index in [2.05, 4.69) is 33.5 Å². The summed E-state index contributed by atoms with van der Waals surface area (Å²) in [5.74, 6) is 7.85. The Labute approximate surface area is 181 Å². The van der Waals surface area contributed by atoms with Crippen molar-refractivity contribution in [1.29, 1.82) is 0 Å². The monoisotopic (exact) mass is 431 g/mol. The molecule has 2 aromatic carbocycles. The molecule has 0 bridgehead atoms. The maximum absolute atomic E-state index is 11.5. The highest BCUT2D eigenvalue weighted by Gasteiger charge is 2.09. The lowest BCUT2D eigenvalue weighted by Crippen LogP contribution is -2.03. The number of rotatable bonds is 5. The molecule has 0 radical (unpaired) electrons. The zero-order valence-electron chi connectivity index (χ0n) is 17.2. The first-order valence-corrected chi connectivity index (χ1v) is 11.7. The van der Waals surface area contributed by atoms with Crippen molar-refractivity contribution >= 4 is 9.84 Å². The minimum atomic E-state index is -3.20. The predicted molar refractivity (Wildman–Crippen MR) is 118 cm³/mol. The summed E-state index contributed by atoms with van der Waals surface area (Å²) >= 11 is 0. The van der Waals surface area contributed by atoms with Crippen LogP contribution in [0.25, 0.3) is 11.3 Å². The maximum atomic E-state index is 11.5. The van der Waals surface area contributed by atoms with Crippen molar-refractivity contribution in [1.82, 2.24) is 14.7 Å². The van der Waals surface area contributed by atoms with Crippen LogP contribution >= 0.6 is 0 Å². The van der Waals surface area contributed by atoms with Gasteiger partial charge in [0.25, 0.3) is 0 Å². The van der Waals surface area contributed by atoms with Gasteiger partial charge in [0, 0.05) is 47.8 Å². The summed E-state index contributed by atoms with van der Waals surface area (Å²) in [6, 6.07) is 16.2. The Bertz CT molecular complexity index is 1350. The fourth-order valence-electron chi connectivity index (χ4n) is 3.14. The van der Waals surface area contributed by atoms with Crippen LogP contribution in [-0.4, -0.2) is 29.4 Å². The van der Waals surface area contributed by atoms with Gasteiger partial charge in [-0.2, -0.15) is 0 Å². The van der Waals surface area contributed by atoms with Gasteiger partial charge in [0.15, 0.2) is 15.6 Å². The van der Waals surface area contributed by atoms with E-state index in [0.717, 1.165) is 34.6 Å². The van der Waals surface area contributed by atoms with E-state index in [1.165, 1.54) is 6.26 Å². The van der Waals surface area contributed by atoms with E-state index in [4.69, 9.17) is 4.52 Å². The van der Waals surface area contributed by atoms with E-state index >= 15 is 0 Å². The highest BCUT2D eigenvalue weighted by atomic mass is 32.2. The first kappa shape index (κ1) is 20.6. The Morgan fingerprint density at radius 3 is 2.26 bits per heavy atom. The molecular formula is C24H21N3O3S. The third-order valence-corrected chi connectivity index (χ3v) is 5.94. The van der Waals surface area contributed by atoms with Gasteiger partial charge in [-0.3, -0.25) is 0 Å². The van der Waals surface area contributed by atoms with Crippen molar-refractivity contribution in [2.45, 2.75) is 24.8 Å². The average molecular weight is 432 g/mol. The minimum Gasteiger partial charge on any atom is -0.356 e. The molecule has 4 rings (SSSR count). The first-order chi connectivity index (χ1) is 14.9. The van der Waals surface area contributed by atoms with Gasteiger partial charge >= 0.3 is 0 Å². The fraction of sp³-hybridized carbons (Fsp3) is 0.167. The Morgan fingerprint density at radius 1 is 1.00 bits per heavy atom. The average Bonchev–Trinajstić information content (AvgIpc) is 3.42. The molecule has 0 aliphatic rings. The summed E-state index contributed by atoms with van der Waals surface area (Å²) in [5.41, 5.74) is 3.36. The Kier molecular flexibility index (Phi) is 5.74. The molecule has 0 spiro atoms. The molecule has 0 atom stereocenters. The molecule has 0 saturated carbocycles. The largest absolute Gasteiger partial charge is 0.356 e. The first-order valence-electron chi connectivity index (χ1n) is 9.80. The van der Waals surface area contributed by atoms with Gasteiger partial charge in [0.2, 0.25) is 0 Å². The van der Waals surface area contributed by atoms with Gasteiger partial charge in [0.05, 0.1) is 11.4 Å². The van der Waals surface area contributed by atoms with Gasteiger partial charge in [0.1, 0.15) is 11.5 Å². The Hall–Kier alpha value is -3.63. The molecule has 156 valence electrons. The number of imidazole rings is 1. The van der Waals surface area contributed by atoms with E-state index < -0.39 is 9.84 Å². The van der Waals surface area contributed by atoms with Crippen LogP contribution in [-0.2, 0) is 22.8 Å². The van der Waals surface area contributed by atoms with E-state index in [1.54, 1.807) is 30.5 Å². The number of hydrogen-bond donors (Lipinski definition) is 0. The summed E-state index contributed by atoms with van der Waals surface area (Å²) in [6.07, 6.45) is 5.78. The molecule has 0 amide bonds. The molecular weight excluding hydrogens is 410 g/mol. The van der Waals surface area contributed by atoms with E-state index in [1.807, 2.05) is 36.5 Å². The number of nitrogens with zero attached hydrogens (tertiary/aromatic N) is 3. The number of hydrogen-bond acceptors (Lipinski definition) is 5. The van der Waals surface area contributed by atoms with Gasteiger partial charge in [-0.25, -0.2) is 13.4 Å². The molecule has 31 heavy (non-hydrogen) atoms. The smallest absolute Gasteiger partial charge is 0.175 e. The molecule has 7 heteroatoms. The minimum absolute atomic E-state index is 0.285. The van der Waals surface area contributed by atoms with Crippen LogP contribution in [0.3, 0.4) is 0 Å². The highest BCUT2D eigenvalue weighted by molar-refractivity contribution is 7.90. The van der Waals surface area contributed by atoms with Crippen LogP contribution in [0.4, 0.5) is 0 Å². The molecule has 0 aliphatic carbocycles. The lowest BCUT2D eigenvalue weighted by Gasteiger charge is -2.02. The second-order valence-corrected chi connectivity index (χ2v) is 9.15. The summed E-state index contributed by atoms with van der Waals surface area (Å²) in [7, 11) is -3.20. The molecule has 2 heterocycles. The fourth-order valence-corrected chi connectivity index (χ4v) is 3.77. The van der Waals surface area contributed by atoms with E-state index in [0.29, 0.717) is 12.3 Å². The van der Waals surface area contributed by atoms with Gasteiger partial charge < -0.3 is 9.09 Å². The van der Waals surface area contributed by atoms with Crippen molar-refractivity contribution in [3.63, 3.8) is 0 Å². The Balaban J connectivity index is 1.46. The molecule has 6 nitrogen and oxygen atoms in total. The Morgan fingerprint density at radius 2 is 1.65 bits per heavy atom. The second kappa shape index (κ2) is 8.62. The predicted octanol–water partition coefficient (Wildman–Crippen LogP) is 3.95. The number of aryl methyl sites for hydroxylation is 1. The van der Waals surface area contributed by atoms with Crippen LogP contribution in [0.5, 0.6) is 0 Å². The maximum Gasteiger partial charge on any atom is 0.175 e. The van der Waals surface area contributed by atoms with Gasteiger partial charge in [-0.1, -0.05) is 23.9 Å². The highest BCUT2D eigenvalue weighted by Crippen LogP contribution is 2.21. The van der Waals surface area contributed by atoms with Crippen molar-refractivity contribution in [2.24, 2.45) is 0 Å². The zero-order valence-corrected chi connectivity index (χ0v) is 18.1. The van der Waals surface area contributed by atoms with E-state index in [-0.39, 0.29) is 4.90 Å². The summed E-state index contributed by atoms with van der Waals surface area (Å²) in [4.78, 5) is 4.61. The summed E-state index contributed by atoms with van der Waals surface area (Å²) in [5, 5.41) is 4.17. The van der Waals surface area contributed by atoms with Crippen LogP contribution < -0.4 is 0 Å². The second-order valence-electron chi connectivity index (χ2n) is 7.13. The third-order valence-electron chi connectivity index (χ3n) is 4.81. The molecule has 0 aliphatic heterocycles. The van der Waals surface area contributed by atoms with Crippen LogP contribution in [0, 0.1) is 11.8 Å². The molecule has 4 aromatic rings. The normalized spacial score (nSPS) is 11.2. The van der Waals surface area contributed by atoms with Crippen LogP contribution in [0.2, 0.25) is 0 Å². The quantitative estimate of drug-likeness (QED) is 0.447. The van der Waals surface area contributed by atoms with Gasteiger partial charge in [-0.15, -0.1) is 0 Å². The van der Waals surface area contributed by atoms with Crippen molar-refractivity contribution < 1.29 is 12.9 Å². The van der Waals surface area contributed by atoms with Crippen molar-refractivity contribution in [3.05, 3.63) is 89.6 Å². The van der Waals surface area contributed by atoms with Crippen LogP contribution in [0.15, 0.2) is 76.4 Å². The lowest BCUT2D eigenvalue weighted by atomic mass is 10.1. The molecule has 2 aromatic heterocycles. The molecule has 0 N–H and O–H groups in total. The van der Waals surface area contributed by atoms with Crippen molar-refractivity contribution in [3.8, 4) is 23.2 Å².